The Balaban J connectivity index is 0.000000432. The molecule has 0 aliphatic carbocycles. The molecular weight excluding hydrogens is 330 g/mol. The summed E-state index contributed by atoms with van der Waals surface area (Å²) in [6.45, 7) is 5.75. The monoisotopic (exact) mass is 354 g/mol. The van der Waals surface area contributed by atoms with Crippen LogP contribution in [0.5, 0.6) is 0 Å². The van der Waals surface area contributed by atoms with Gasteiger partial charge in [0.2, 0.25) is 0 Å². The van der Waals surface area contributed by atoms with Crippen molar-refractivity contribution in [3.8, 4) is 0 Å². The third kappa shape index (κ3) is 4.97. The Morgan fingerprint density at radius 1 is 0.692 bits per heavy atom. The summed E-state index contributed by atoms with van der Waals surface area (Å²) in [5.41, 5.74) is 1.35. The molecule has 0 bridgehead atoms. The zero-order valence-electron chi connectivity index (χ0n) is 14.6. The SMILES string of the molecule is Bc1cccc2ccc3cc4ccccc4cc3c12.C=C.OCCO.[NaH]. The first-order valence-electron chi connectivity index (χ1n) is 8.27. The summed E-state index contributed by atoms with van der Waals surface area (Å²) in [6.07, 6.45) is 0. The molecule has 0 fully saturated rings. The van der Waals surface area contributed by atoms with Gasteiger partial charge in [0.25, 0.3) is 0 Å². The summed E-state index contributed by atoms with van der Waals surface area (Å²) in [5.74, 6) is 0. The van der Waals surface area contributed by atoms with Crippen molar-refractivity contribution < 1.29 is 10.2 Å². The van der Waals surface area contributed by atoms with Crippen molar-refractivity contribution in [1.29, 1.82) is 0 Å². The van der Waals surface area contributed by atoms with Crippen molar-refractivity contribution in [3.63, 3.8) is 0 Å². The third-order valence-corrected chi connectivity index (χ3v) is 4.03. The van der Waals surface area contributed by atoms with Crippen molar-refractivity contribution in [3.05, 3.63) is 79.9 Å². The van der Waals surface area contributed by atoms with Gasteiger partial charge in [0.15, 0.2) is 0 Å². The van der Waals surface area contributed by atoms with Gasteiger partial charge in [-0.1, -0.05) is 60.1 Å². The summed E-state index contributed by atoms with van der Waals surface area (Å²) in [7, 11) is 2.19. The van der Waals surface area contributed by atoms with Crippen LogP contribution in [0.25, 0.3) is 32.3 Å². The standard InChI is InChI=1S/C18H13B.C2H6O2.C2H4.Na.H/c19-17-7-3-6-12-8-9-15-10-13-4-1-2-5-14(13)11-16(15)18(12)17;3-1-2-4;1-2;;/h1-11H,19H2;3-4H,1-2H2;1-2H2;;. The molecule has 0 atom stereocenters. The number of hydrogen-bond acceptors (Lipinski definition) is 2. The van der Waals surface area contributed by atoms with Crippen LogP contribution in [-0.4, -0.2) is 60.8 Å². The van der Waals surface area contributed by atoms with Gasteiger partial charge >= 0.3 is 29.6 Å². The fourth-order valence-corrected chi connectivity index (χ4v) is 2.99. The summed E-state index contributed by atoms with van der Waals surface area (Å²) >= 11 is 0. The van der Waals surface area contributed by atoms with Crippen LogP contribution < -0.4 is 5.46 Å². The maximum atomic E-state index is 7.62. The van der Waals surface area contributed by atoms with Crippen LogP contribution in [0.4, 0.5) is 0 Å². The number of hydrogen-bond donors (Lipinski definition) is 2. The van der Waals surface area contributed by atoms with E-state index in [2.05, 4.69) is 87.7 Å². The Morgan fingerprint density at radius 2 is 1.23 bits per heavy atom. The zero-order chi connectivity index (χ0) is 18.2. The molecule has 0 aliphatic rings. The van der Waals surface area contributed by atoms with Gasteiger partial charge in [0.1, 0.15) is 7.85 Å². The molecule has 4 aromatic rings. The van der Waals surface area contributed by atoms with Crippen molar-refractivity contribution in [2.45, 2.75) is 0 Å². The molecule has 4 aromatic carbocycles. The normalized spacial score (nSPS) is 9.62. The van der Waals surface area contributed by atoms with Crippen LogP contribution in [0, 0.1) is 0 Å². The Hall–Kier alpha value is -1.62. The van der Waals surface area contributed by atoms with Crippen LogP contribution >= 0.6 is 0 Å². The zero-order valence-corrected chi connectivity index (χ0v) is 14.6. The number of aliphatic hydroxyl groups is 2. The molecule has 4 rings (SSSR count). The molecule has 0 amide bonds. The van der Waals surface area contributed by atoms with E-state index in [1.807, 2.05) is 0 Å². The van der Waals surface area contributed by atoms with Crippen molar-refractivity contribution in [1.82, 2.24) is 0 Å². The van der Waals surface area contributed by atoms with Gasteiger partial charge in [-0.25, -0.2) is 0 Å². The summed E-state index contributed by atoms with van der Waals surface area (Å²) < 4.78 is 0. The fraction of sp³-hybridized carbons (Fsp3) is 0.0909. The Labute approximate surface area is 177 Å². The Bertz CT molecular complexity index is 983. The van der Waals surface area contributed by atoms with E-state index in [0.29, 0.717) is 0 Å². The molecule has 0 saturated carbocycles. The first kappa shape index (κ1) is 22.4. The Morgan fingerprint density at radius 3 is 1.85 bits per heavy atom. The first-order valence-corrected chi connectivity index (χ1v) is 8.27. The molecule has 26 heavy (non-hydrogen) atoms. The topological polar surface area (TPSA) is 40.5 Å². The fourth-order valence-electron chi connectivity index (χ4n) is 2.99. The average Bonchev–Trinajstić information content (AvgIpc) is 2.68. The van der Waals surface area contributed by atoms with E-state index in [-0.39, 0.29) is 42.8 Å². The van der Waals surface area contributed by atoms with E-state index in [1.165, 1.54) is 37.8 Å². The molecule has 0 radical (unpaired) electrons. The molecule has 0 aliphatic heterocycles. The quantitative estimate of drug-likeness (QED) is 0.239. The minimum absolute atomic E-state index is 0. The second-order valence-corrected chi connectivity index (χ2v) is 5.61. The summed E-state index contributed by atoms with van der Waals surface area (Å²) in [5, 5.41) is 23.2. The van der Waals surface area contributed by atoms with Crippen molar-refractivity contribution in [2.75, 3.05) is 13.2 Å². The second-order valence-electron chi connectivity index (χ2n) is 5.61. The van der Waals surface area contributed by atoms with Crippen molar-refractivity contribution in [2.24, 2.45) is 0 Å². The summed E-state index contributed by atoms with van der Waals surface area (Å²) in [6, 6.07) is 24.1. The molecular formula is C22H24BNaO2. The van der Waals surface area contributed by atoms with E-state index in [0.717, 1.165) is 0 Å². The van der Waals surface area contributed by atoms with Crippen LogP contribution in [0.3, 0.4) is 0 Å². The van der Waals surface area contributed by atoms with Gasteiger partial charge in [0, 0.05) is 0 Å². The Kier molecular flexibility index (Phi) is 9.64. The number of rotatable bonds is 1. The van der Waals surface area contributed by atoms with Gasteiger partial charge in [-0.3, -0.25) is 0 Å². The van der Waals surface area contributed by atoms with Gasteiger partial charge in [-0.15, -0.1) is 13.2 Å². The van der Waals surface area contributed by atoms with Crippen LogP contribution in [0.1, 0.15) is 0 Å². The predicted molar refractivity (Wildman–Crippen MR) is 120 cm³/mol. The molecule has 0 heterocycles. The maximum absolute atomic E-state index is 7.62. The number of aliphatic hydroxyl groups excluding tert-OH is 2. The van der Waals surface area contributed by atoms with Gasteiger partial charge in [-0.2, -0.15) is 0 Å². The molecule has 128 valence electrons. The first-order chi connectivity index (χ1) is 12.2. The molecule has 4 heteroatoms. The number of benzene rings is 4. The number of fused-ring (bicyclic) bond motifs is 4. The van der Waals surface area contributed by atoms with E-state index in [4.69, 9.17) is 10.2 Å². The van der Waals surface area contributed by atoms with Gasteiger partial charge in [-0.05, 0) is 44.5 Å². The molecule has 2 nitrogen and oxygen atoms in total. The molecule has 0 saturated heterocycles. The van der Waals surface area contributed by atoms with Crippen LogP contribution in [0.15, 0.2) is 79.9 Å². The molecule has 0 unspecified atom stereocenters. The van der Waals surface area contributed by atoms with E-state index < -0.39 is 0 Å². The minimum atomic E-state index is -0.125. The van der Waals surface area contributed by atoms with Crippen LogP contribution in [0.2, 0.25) is 0 Å². The van der Waals surface area contributed by atoms with Crippen LogP contribution in [-0.2, 0) is 0 Å². The van der Waals surface area contributed by atoms with E-state index >= 15 is 0 Å². The molecule has 0 aromatic heterocycles. The van der Waals surface area contributed by atoms with Gasteiger partial charge < -0.3 is 10.2 Å². The second kappa shape index (κ2) is 11.2. The predicted octanol–water partition coefficient (Wildman–Crippen LogP) is 2.53. The summed E-state index contributed by atoms with van der Waals surface area (Å²) in [4.78, 5) is 0. The van der Waals surface area contributed by atoms with Gasteiger partial charge in [0.05, 0.1) is 13.2 Å². The molecule has 2 N–H and O–H groups in total. The van der Waals surface area contributed by atoms with Crippen molar-refractivity contribution >= 4 is 75.2 Å². The third-order valence-electron chi connectivity index (χ3n) is 4.03. The molecule has 0 spiro atoms. The van der Waals surface area contributed by atoms with E-state index in [1.54, 1.807) is 0 Å². The average molecular weight is 354 g/mol. The van der Waals surface area contributed by atoms with E-state index in [9.17, 15) is 0 Å².